The van der Waals surface area contributed by atoms with Crippen LogP contribution >= 0.6 is 0 Å². The molecule has 10 heteroatoms. The molecule has 2 aromatic rings. The summed E-state index contributed by atoms with van der Waals surface area (Å²) in [5.41, 5.74) is 2.66. The lowest BCUT2D eigenvalue weighted by Crippen LogP contribution is -2.48. The number of fused-ring (bicyclic) bond motifs is 1. The first-order valence-electron chi connectivity index (χ1n) is 12.4. The second-order valence-corrected chi connectivity index (χ2v) is 11.6. The van der Waals surface area contributed by atoms with E-state index in [1.165, 1.54) is 21.5 Å². The highest BCUT2D eigenvalue weighted by atomic mass is 32.2. The zero-order valence-electron chi connectivity index (χ0n) is 20.7. The predicted octanol–water partition coefficient (Wildman–Crippen LogP) is 0.482. The van der Waals surface area contributed by atoms with Gasteiger partial charge < -0.3 is 20.5 Å². The van der Waals surface area contributed by atoms with Gasteiger partial charge in [0.1, 0.15) is 10.6 Å². The molecular weight excluding hydrogens is 480 g/mol. The van der Waals surface area contributed by atoms with Crippen LogP contribution < -0.4 is 15.4 Å². The number of hydrogen-bond donors (Lipinski definition) is 3. The van der Waals surface area contributed by atoms with E-state index in [0.29, 0.717) is 25.9 Å². The van der Waals surface area contributed by atoms with Crippen LogP contribution in [0.3, 0.4) is 0 Å². The first-order chi connectivity index (χ1) is 17.4. The number of β-amino-alcohol motifs (C(OH)–C–C–N with tert-alkyl or cyclic N) is 1. The number of nitrogens with one attached hydrogen (secondary N) is 2. The molecule has 2 aliphatic heterocycles. The minimum atomic E-state index is -3.77. The fourth-order valence-corrected chi connectivity index (χ4v) is 5.98. The molecule has 2 atom stereocenters. The summed E-state index contributed by atoms with van der Waals surface area (Å²) >= 11 is 0. The maximum absolute atomic E-state index is 13.2. The van der Waals surface area contributed by atoms with Gasteiger partial charge in [-0.25, -0.2) is 12.7 Å². The van der Waals surface area contributed by atoms with Crippen LogP contribution in [0, 0.1) is 5.92 Å². The molecule has 0 amide bonds. The maximum atomic E-state index is 13.2. The molecule has 0 spiro atoms. The van der Waals surface area contributed by atoms with Crippen molar-refractivity contribution in [3.63, 3.8) is 0 Å². The van der Waals surface area contributed by atoms with Gasteiger partial charge >= 0.3 is 0 Å². The monoisotopic (exact) mass is 516 g/mol. The highest BCUT2D eigenvalue weighted by molar-refractivity contribution is 7.89. The van der Waals surface area contributed by atoms with Gasteiger partial charge in [0.15, 0.2) is 12.4 Å². The average molecular weight is 517 g/mol. The molecule has 3 N–H and O–H groups in total. The van der Waals surface area contributed by atoms with Crippen molar-refractivity contribution in [3.8, 4) is 5.75 Å². The lowest BCUT2D eigenvalue weighted by Gasteiger charge is -2.31. The number of hydrogen-bond acceptors (Lipinski definition) is 8. The van der Waals surface area contributed by atoms with Crippen LogP contribution in [0.4, 0.5) is 0 Å². The summed E-state index contributed by atoms with van der Waals surface area (Å²) < 4.78 is 33.4. The minimum Gasteiger partial charge on any atom is -0.480 e. The molecular formula is C26H36N4O5S. The Labute approximate surface area is 213 Å². The normalized spacial score (nSPS) is 18.3. The number of aliphatic hydroxyl groups is 1. The molecule has 0 aromatic heterocycles. The number of benzene rings is 2. The summed E-state index contributed by atoms with van der Waals surface area (Å²) in [5, 5.41) is 16.7. The smallest absolute Gasteiger partial charge is 0.246 e. The van der Waals surface area contributed by atoms with E-state index in [-0.39, 0.29) is 23.1 Å². The molecule has 0 bridgehead atoms. The van der Waals surface area contributed by atoms with Crippen molar-refractivity contribution in [1.29, 1.82) is 0 Å². The third-order valence-electron chi connectivity index (χ3n) is 6.75. The summed E-state index contributed by atoms with van der Waals surface area (Å²) in [5.74, 6) is 0.429. The number of carbonyl (C=O) groups excluding carboxylic acids is 1. The van der Waals surface area contributed by atoms with Gasteiger partial charge in [-0.2, -0.15) is 0 Å². The highest BCUT2D eigenvalue weighted by Crippen LogP contribution is 2.27. The zero-order valence-corrected chi connectivity index (χ0v) is 21.5. The number of aldehydes is 1. The number of aliphatic hydroxyl groups excluding tert-OH is 1. The summed E-state index contributed by atoms with van der Waals surface area (Å²) in [7, 11) is -2.21. The molecule has 4 rings (SSSR count). The lowest BCUT2D eigenvalue weighted by molar-refractivity contribution is -0.113. The summed E-state index contributed by atoms with van der Waals surface area (Å²) in [6.45, 7) is 4.70. The Morgan fingerprint density at radius 2 is 1.89 bits per heavy atom. The Balaban J connectivity index is 1.28. The number of ether oxygens (including phenoxy) is 1. The second-order valence-electron chi connectivity index (χ2n) is 9.61. The summed E-state index contributed by atoms with van der Waals surface area (Å²) in [4.78, 5) is 14.0. The Morgan fingerprint density at radius 1 is 1.17 bits per heavy atom. The van der Waals surface area contributed by atoms with Gasteiger partial charge in [0.2, 0.25) is 10.0 Å². The van der Waals surface area contributed by atoms with Crippen molar-refractivity contribution < 1.29 is 23.1 Å². The standard InChI is InChI=1S/C26H36N4O5S/c1-29(16-20-12-27-13-20)36(33,34)26-9-5-4-8-25(26)35-24(19-31)15-28-14-23(32)18-30-11-10-21-6-2-3-7-22(21)17-30/h2-9,19-20,23-24,27-28,32H,10-18H2,1H3. The summed E-state index contributed by atoms with van der Waals surface area (Å²) in [6.07, 6.45) is 0.113. The topological polar surface area (TPSA) is 111 Å². The molecule has 0 saturated carbocycles. The Hall–Kier alpha value is -2.34. The van der Waals surface area contributed by atoms with E-state index in [4.69, 9.17) is 4.74 Å². The van der Waals surface area contributed by atoms with E-state index in [1.807, 2.05) is 6.07 Å². The zero-order chi connectivity index (χ0) is 25.5. The van der Waals surface area contributed by atoms with Gasteiger partial charge in [-0.15, -0.1) is 0 Å². The van der Waals surface area contributed by atoms with Crippen LogP contribution in [0.1, 0.15) is 11.1 Å². The van der Waals surface area contributed by atoms with Crippen LogP contribution in [0.15, 0.2) is 53.4 Å². The fourth-order valence-electron chi connectivity index (χ4n) is 4.61. The third-order valence-corrected chi connectivity index (χ3v) is 8.62. The van der Waals surface area contributed by atoms with E-state index in [0.717, 1.165) is 32.6 Å². The first kappa shape index (κ1) is 26.7. The fraction of sp³-hybridized carbons (Fsp3) is 0.500. The van der Waals surface area contributed by atoms with Gasteiger partial charge in [-0.3, -0.25) is 9.69 Å². The second kappa shape index (κ2) is 12.3. The van der Waals surface area contributed by atoms with Crippen molar-refractivity contribution in [2.24, 2.45) is 5.92 Å². The van der Waals surface area contributed by atoms with Crippen LogP contribution in [0.5, 0.6) is 5.75 Å². The van der Waals surface area contributed by atoms with E-state index in [2.05, 4.69) is 33.7 Å². The average Bonchev–Trinajstić information content (AvgIpc) is 2.85. The van der Waals surface area contributed by atoms with Gasteiger partial charge in [0, 0.05) is 59.4 Å². The van der Waals surface area contributed by atoms with Gasteiger partial charge in [-0.05, 0) is 35.6 Å². The van der Waals surface area contributed by atoms with E-state index in [9.17, 15) is 18.3 Å². The third kappa shape index (κ3) is 6.70. The molecule has 196 valence electrons. The van der Waals surface area contributed by atoms with E-state index < -0.39 is 22.2 Å². The van der Waals surface area contributed by atoms with Crippen LogP contribution in [-0.2, 0) is 27.8 Å². The minimum absolute atomic E-state index is 0.0389. The Bertz CT molecular complexity index is 1120. The van der Waals surface area contributed by atoms with Crippen molar-refractivity contribution >= 4 is 16.3 Å². The number of sulfonamides is 1. The van der Waals surface area contributed by atoms with E-state index in [1.54, 1.807) is 25.2 Å². The first-order valence-corrected chi connectivity index (χ1v) is 13.9. The lowest BCUT2D eigenvalue weighted by atomic mass is 10.00. The molecule has 1 fully saturated rings. The molecule has 9 nitrogen and oxygen atoms in total. The molecule has 36 heavy (non-hydrogen) atoms. The number of carbonyl (C=O) groups is 1. The van der Waals surface area contributed by atoms with Crippen molar-refractivity contribution in [3.05, 3.63) is 59.7 Å². The van der Waals surface area contributed by atoms with Crippen LogP contribution in [-0.4, -0.2) is 94.1 Å². The summed E-state index contributed by atoms with van der Waals surface area (Å²) in [6, 6.07) is 14.7. The van der Waals surface area contributed by atoms with Crippen molar-refractivity contribution in [2.45, 2.75) is 30.1 Å². The molecule has 2 heterocycles. The molecule has 2 unspecified atom stereocenters. The largest absolute Gasteiger partial charge is 0.480 e. The van der Waals surface area contributed by atoms with Crippen LogP contribution in [0.25, 0.3) is 0 Å². The molecule has 2 aromatic carbocycles. The number of para-hydroxylation sites is 1. The number of nitrogens with zero attached hydrogens (tertiary/aromatic N) is 2. The molecule has 2 aliphatic rings. The Morgan fingerprint density at radius 3 is 2.61 bits per heavy atom. The number of rotatable bonds is 13. The van der Waals surface area contributed by atoms with Gasteiger partial charge in [0.05, 0.1) is 6.10 Å². The van der Waals surface area contributed by atoms with E-state index >= 15 is 0 Å². The molecule has 0 aliphatic carbocycles. The quantitative estimate of drug-likeness (QED) is 0.330. The highest BCUT2D eigenvalue weighted by Gasteiger charge is 2.29. The molecule has 0 radical (unpaired) electrons. The SMILES string of the molecule is CN(CC1CNC1)S(=O)(=O)c1ccccc1OC(C=O)CNCC(O)CN1CCc2ccccc2C1. The molecule has 1 saturated heterocycles. The van der Waals surface area contributed by atoms with Crippen molar-refractivity contribution in [1.82, 2.24) is 19.8 Å². The van der Waals surface area contributed by atoms with Crippen LogP contribution in [0.2, 0.25) is 0 Å². The maximum Gasteiger partial charge on any atom is 0.246 e. The predicted molar refractivity (Wildman–Crippen MR) is 137 cm³/mol. The van der Waals surface area contributed by atoms with Gasteiger partial charge in [0.25, 0.3) is 0 Å². The van der Waals surface area contributed by atoms with Gasteiger partial charge in [-0.1, -0.05) is 36.4 Å². The van der Waals surface area contributed by atoms with Crippen molar-refractivity contribution in [2.75, 3.05) is 52.9 Å². The Kier molecular flexibility index (Phi) is 9.10.